The highest BCUT2D eigenvalue weighted by atomic mass is 16.6. The maximum atomic E-state index is 12.2. The van der Waals surface area contributed by atoms with Crippen LogP contribution in [0.5, 0.6) is 0 Å². The van der Waals surface area contributed by atoms with Crippen molar-refractivity contribution in [2.45, 2.75) is 26.4 Å². The number of rotatable bonds is 1. The molecule has 0 aliphatic carbocycles. The van der Waals surface area contributed by atoms with Gasteiger partial charge in [-0.05, 0) is 32.9 Å². The molecule has 4 N–H and O–H groups in total. The van der Waals surface area contributed by atoms with Crippen molar-refractivity contribution in [3.63, 3.8) is 0 Å². The SMILES string of the molecule is CC(C)(C)OC(=O)n1c(-c2cccc(N)c2)cnc1N. The van der Waals surface area contributed by atoms with E-state index in [9.17, 15) is 4.79 Å². The third-order valence-electron chi connectivity index (χ3n) is 2.55. The number of hydrogen-bond donors (Lipinski definition) is 2. The van der Waals surface area contributed by atoms with Crippen LogP contribution in [0.4, 0.5) is 16.4 Å². The average Bonchev–Trinajstić information content (AvgIpc) is 2.69. The van der Waals surface area contributed by atoms with Crippen molar-refractivity contribution in [1.82, 2.24) is 9.55 Å². The summed E-state index contributed by atoms with van der Waals surface area (Å²) in [6.45, 7) is 5.37. The fourth-order valence-electron chi connectivity index (χ4n) is 1.77. The molecule has 20 heavy (non-hydrogen) atoms. The minimum Gasteiger partial charge on any atom is -0.443 e. The number of carbonyl (C=O) groups is 1. The monoisotopic (exact) mass is 274 g/mol. The summed E-state index contributed by atoms with van der Waals surface area (Å²) in [7, 11) is 0. The van der Waals surface area contributed by atoms with Crippen LogP contribution in [0.2, 0.25) is 0 Å². The molecule has 0 saturated carbocycles. The molecule has 0 radical (unpaired) electrons. The second kappa shape index (κ2) is 4.88. The Labute approximate surface area is 117 Å². The normalized spacial score (nSPS) is 11.3. The van der Waals surface area contributed by atoms with Crippen molar-refractivity contribution in [1.29, 1.82) is 0 Å². The Morgan fingerprint density at radius 1 is 1.30 bits per heavy atom. The number of nitrogens with zero attached hydrogens (tertiary/aromatic N) is 2. The predicted octanol–water partition coefficient (Wildman–Crippen LogP) is 2.50. The van der Waals surface area contributed by atoms with Gasteiger partial charge in [0.25, 0.3) is 0 Å². The van der Waals surface area contributed by atoms with Crippen molar-refractivity contribution >= 4 is 17.7 Å². The maximum Gasteiger partial charge on any atom is 0.421 e. The van der Waals surface area contributed by atoms with Gasteiger partial charge in [-0.1, -0.05) is 12.1 Å². The van der Waals surface area contributed by atoms with Gasteiger partial charge in [-0.3, -0.25) is 0 Å². The summed E-state index contributed by atoms with van der Waals surface area (Å²) in [5.74, 6) is 0.0803. The molecule has 6 heteroatoms. The first kappa shape index (κ1) is 13.9. The highest BCUT2D eigenvalue weighted by molar-refractivity contribution is 5.82. The second-order valence-corrected chi connectivity index (χ2v) is 5.44. The number of nitrogens with two attached hydrogens (primary N) is 2. The molecule has 0 saturated heterocycles. The van der Waals surface area contributed by atoms with E-state index in [2.05, 4.69) is 4.98 Å². The fourth-order valence-corrected chi connectivity index (χ4v) is 1.77. The van der Waals surface area contributed by atoms with Crippen molar-refractivity contribution in [2.24, 2.45) is 0 Å². The predicted molar refractivity (Wildman–Crippen MR) is 78.1 cm³/mol. The van der Waals surface area contributed by atoms with Gasteiger partial charge in [0.15, 0.2) is 0 Å². The Hall–Kier alpha value is -2.50. The van der Waals surface area contributed by atoms with Crippen LogP contribution in [0.25, 0.3) is 11.3 Å². The molecule has 2 rings (SSSR count). The van der Waals surface area contributed by atoms with Crippen LogP contribution in [0.1, 0.15) is 20.8 Å². The van der Waals surface area contributed by atoms with E-state index in [1.54, 1.807) is 39.0 Å². The fraction of sp³-hybridized carbons (Fsp3) is 0.286. The Bertz CT molecular complexity index is 641. The van der Waals surface area contributed by atoms with Gasteiger partial charge in [-0.25, -0.2) is 14.3 Å². The number of hydrogen-bond acceptors (Lipinski definition) is 5. The zero-order valence-electron chi connectivity index (χ0n) is 11.8. The molecule has 1 aromatic heterocycles. The van der Waals surface area contributed by atoms with E-state index < -0.39 is 11.7 Å². The van der Waals surface area contributed by atoms with E-state index >= 15 is 0 Å². The third kappa shape index (κ3) is 2.90. The lowest BCUT2D eigenvalue weighted by Crippen LogP contribution is -2.28. The van der Waals surface area contributed by atoms with E-state index in [1.165, 1.54) is 10.8 Å². The third-order valence-corrected chi connectivity index (χ3v) is 2.55. The summed E-state index contributed by atoms with van der Waals surface area (Å²) in [4.78, 5) is 16.2. The molecule has 2 aromatic rings. The first-order chi connectivity index (χ1) is 9.28. The summed E-state index contributed by atoms with van der Waals surface area (Å²) in [6.07, 6.45) is 0.957. The molecule has 0 aliphatic rings. The number of benzene rings is 1. The average molecular weight is 274 g/mol. The Morgan fingerprint density at radius 2 is 2.00 bits per heavy atom. The lowest BCUT2D eigenvalue weighted by molar-refractivity contribution is 0.0543. The maximum absolute atomic E-state index is 12.2. The number of aromatic nitrogens is 2. The number of carbonyl (C=O) groups excluding carboxylic acids is 1. The van der Waals surface area contributed by atoms with Crippen LogP contribution in [0, 0.1) is 0 Å². The minimum atomic E-state index is -0.610. The van der Waals surface area contributed by atoms with Crippen LogP contribution in [-0.2, 0) is 4.74 Å². The van der Waals surface area contributed by atoms with Gasteiger partial charge in [-0.15, -0.1) is 0 Å². The molecule has 0 aliphatic heterocycles. The van der Waals surface area contributed by atoms with E-state index in [0.717, 1.165) is 5.56 Å². The van der Waals surface area contributed by atoms with Gasteiger partial charge < -0.3 is 16.2 Å². The van der Waals surface area contributed by atoms with Gasteiger partial charge in [0.1, 0.15) is 5.60 Å². The van der Waals surface area contributed by atoms with Gasteiger partial charge in [0.2, 0.25) is 5.95 Å². The van der Waals surface area contributed by atoms with E-state index in [4.69, 9.17) is 16.2 Å². The van der Waals surface area contributed by atoms with Crippen molar-refractivity contribution < 1.29 is 9.53 Å². The highest BCUT2D eigenvalue weighted by Crippen LogP contribution is 2.24. The second-order valence-electron chi connectivity index (χ2n) is 5.44. The van der Waals surface area contributed by atoms with Crippen molar-refractivity contribution in [3.8, 4) is 11.3 Å². The molecule has 6 nitrogen and oxygen atoms in total. The zero-order valence-corrected chi connectivity index (χ0v) is 11.8. The summed E-state index contributed by atoms with van der Waals surface area (Å²) >= 11 is 0. The topological polar surface area (TPSA) is 96.2 Å². The molecule has 1 heterocycles. The standard InChI is InChI=1S/C14H18N4O2/c1-14(2,3)20-13(19)18-11(8-17-12(18)16)9-5-4-6-10(15)7-9/h4-8H,15H2,1-3H3,(H2,16,17). The Balaban J connectivity index is 2.45. The van der Waals surface area contributed by atoms with Crippen molar-refractivity contribution in [2.75, 3.05) is 11.5 Å². The van der Waals surface area contributed by atoms with Gasteiger partial charge in [0.05, 0.1) is 11.9 Å². The molecule has 0 atom stereocenters. The number of anilines is 2. The number of nitrogen functional groups attached to an aromatic ring is 2. The summed E-state index contributed by atoms with van der Waals surface area (Å²) < 4.78 is 6.56. The Kier molecular flexibility index (Phi) is 3.40. The molecule has 0 bridgehead atoms. The number of ether oxygens (including phenoxy) is 1. The first-order valence-corrected chi connectivity index (χ1v) is 6.20. The zero-order chi connectivity index (χ0) is 14.9. The smallest absolute Gasteiger partial charge is 0.421 e. The van der Waals surface area contributed by atoms with Gasteiger partial charge in [-0.2, -0.15) is 0 Å². The molecular weight excluding hydrogens is 256 g/mol. The molecule has 0 spiro atoms. The van der Waals surface area contributed by atoms with Crippen LogP contribution in [0.3, 0.4) is 0 Å². The summed E-state index contributed by atoms with van der Waals surface area (Å²) in [6, 6.07) is 7.14. The molecule has 1 aromatic carbocycles. The molecule has 0 amide bonds. The van der Waals surface area contributed by atoms with E-state index in [0.29, 0.717) is 11.4 Å². The molecule has 0 unspecified atom stereocenters. The summed E-state index contributed by atoms with van der Waals surface area (Å²) in [5.41, 5.74) is 12.8. The molecular formula is C14H18N4O2. The van der Waals surface area contributed by atoms with Crippen LogP contribution < -0.4 is 11.5 Å². The lowest BCUT2D eigenvalue weighted by atomic mass is 10.1. The molecule has 0 fully saturated rings. The van der Waals surface area contributed by atoms with Gasteiger partial charge >= 0.3 is 6.09 Å². The van der Waals surface area contributed by atoms with Crippen molar-refractivity contribution in [3.05, 3.63) is 30.5 Å². The Morgan fingerprint density at radius 3 is 2.60 bits per heavy atom. The van der Waals surface area contributed by atoms with E-state index in [-0.39, 0.29) is 5.95 Å². The quantitative estimate of drug-likeness (QED) is 0.779. The molecule has 106 valence electrons. The largest absolute Gasteiger partial charge is 0.443 e. The van der Waals surface area contributed by atoms with Crippen LogP contribution in [-0.4, -0.2) is 21.2 Å². The number of imidazole rings is 1. The van der Waals surface area contributed by atoms with Gasteiger partial charge in [0, 0.05) is 11.3 Å². The summed E-state index contributed by atoms with van der Waals surface area (Å²) in [5, 5.41) is 0. The van der Waals surface area contributed by atoms with Crippen LogP contribution in [0.15, 0.2) is 30.5 Å². The first-order valence-electron chi connectivity index (χ1n) is 6.20. The minimum absolute atomic E-state index is 0.0803. The van der Waals surface area contributed by atoms with E-state index in [1.807, 2.05) is 6.07 Å². The van der Waals surface area contributed by atoms with Crippen LogP contribution >= 0.6 is 0 Å². The highest BCUT2D eigenvalue weighted by Gasteiger charge is 2.22. The lowest BCUT2D eigenvalue weighted by Gasteiger charge is -2.20.